The van der Waals surface area contributed by atoms with Crippen molar-refractivity contribution in [3.63, 3.8) is 0 Å². The second kappa shape index (κ2) is 18.4. The standard InChI is InChI=1S/C13H26N2.C12H23N3.C2H6/c1-4-9-15(6-3)12-13-7-10-14(5-2)11-8-13;1-2-14-7-3-12(4-8-14)11-15-9-5-13-6-10-15;1-2/h5,13H,2,4,6-12H2,1,3H3;2,12-13H,1,3-11H2;1-2H3. The van der Waals surface area contributed by atoms with Gasteiger partial charge in [0.1, 0.15) is 0 Å². The maximum Gasteiger partial charge on any atom is 0.0175 e. The van der Waals surface area contributed by atoms with E-state index in [1.54, 1.807) is 0 Å². The summed E-state index contributed by atoms with van der Waals surface area (Å²) in [6.45, 7) is 30.9. The Labute approximate surface area is 200 Å². The molecule has 3 aliphatic heterocycles. The lowest BCUT2D eigenvalue weighted by molar-refractivity contribution is 0.158. The summed E-state index contributed by atoms with van der Waals surface area (Å²) in [7, 11) is 0. The minimum atomic E-state index is 0.910. The van der Waals surface area contributed by atoms with Gasteiger partial charge in [-0.15, -0.1) is 0 Å². The van der Waals surface area contributed by atoms with Gasteiger partial charge in [-0.3, -0.25) is 0 Å². The normalized spacial score (nSPS) is 20.8. The molecule has 3 aliphatic rings. The predicted octanol–water partition coefficient (Wildman–Crippen LogP) is 4.35. The predicted molar refractivity (Wildman–Crippen MR) is 142 cm³/mol. The molecule has 0 amide bonds. The first-order valence-corrected chi connectivity index (χ1v) is 13.6. The van der Waals surface area contributed by atoms with E-state index in [1.165, 1.54) is 111 Å². The second-order valence-corrected chi connectivity index (χ2v) is 9.27. The van der Waals surface area contributed by atoms with Crippen LogP contribution in [0.15, 0.2) is 25.6 Å². The Bertz CT molecular complexity index is 416. The number of rotatable bonds is 9. The van der Waals surface area contributed by atoms with Crippen LogP contribution in [0.3, 0.4) is 0 Å². The largest absolute Gasteiger partial charge is 0.378 e. The Morgan fingerprint density at radius 3 is 1.75 bits per heavy atom. The molecule has 0 aromatic carbocycles. The number of hydrogen-bond acceptors (Lipinski definition) is 5. The molecule has 0 atom stereocenters. The molecule has 0 saturated carbocycles. The quantitative estimate of drug-likeness (QED) is 0.564. The van der Waals surface area contributed by atoms with Crippen LogP contribution >= 0.6 is 0 Å². The van der Waals surface area contributed by atoms with Gasteiger partial charge in [-0.05, 0) is 69.4 Å². The van der Waals surface area contributed by atoms with Crippen LogP contribution in [0.2, 0.25) is 0 Å². The number of piperazine rings is 1. The van der Waals surface area contributed by atoms with Crippen LogP contribution in [0, 0.1) is 11.8 Å². The van der Waals surface area contributed by atoms with Crippen LogP contribution < -0.4 is 5.32 Å². The number of piperidine rings is 2. The van der Waals surface area contributed by atoms with Crippen molar-refractivity contribution in [2.24, 2.45) is 11.8 Å². The van der Waals surface area contributed by atoms with Gasteiger partial charge in [-0.25, -0.2) is 0 Å². The van der Waals surface area contributed by atoms with Crippen molar-refractivity contribution >= 4 is 0 Å². The number of nitrogens with one attached hydrogen (secondary N) is 1. The molecule has 1 N–H and O–H groups in total. The Morgan fingerprint density at radius 1 is 0.812 bits per heavy atom. The van der Waals surface area contributed by atoms with Gasteiger partial charge < -0.3 is 24.9 Å². The highest BCUT2D eigenvalue weighted by molar-refractivity contribution is 4.81. The first-order valence-electron chi connectivity index (χ1n) is 13.6. The van der Waals surface area contributed by atoms with Crippen molar-refractivity contribution in [2.75, 3.05) is 78.5 Å². The van der Waals surface area contributed by atoms with E-state index in [2.05, 4.69) is 51.9 Å². The minimum absolute atomic E-state index is 0.910. The molecule has 0 aromatic rings. The number of nitrogens with zero attached hydrogens (tertiary/aromatic N) is 4. The van der Waals surface area contributed by atoms with Crippen molar-refractivity contribution in [3.8, 4) is 0 Å². The molecule has 0 spiro atoms. The molecule has 0 bridgehead atoms. The van der Waals surface area contributed by atoms with Gasteiger partial charge in [0.25, 0.3) is 0 Å². The molecule has 3 rings (SSSR count). The third-order valence-corrected chi connectivity index (χ3v) is 7.04. The summed E-state index contributed by atoms with van der Waals surface area (Å²) in [6.07, 6.45) is 10.6. The van der Waals surface area contributed by atoms with E-state index < -0.39 is 0 Å². The lowest BCUT2D eigenvalue weighted by atomic mass is 9.96. The molecule has 5 heteroatoms. The fraction of sp³-hybridized carbons (Fsp3) is 0.852. The van der Waals surface area contributed by atoms with E-state index in [-0.39, 0.29) is 0 Å². The molecule has 188 valence electrons. The van der Waals surface area contributed by atoms with E-state index in [9.17, 15) is 0 Å². The molecule has 0 aliphatic carbocycles. The lowest BCUT2D eigenvalue weighted by Gasteiger charge is -2.35. The van der Waals surface area contributed by atoms with Crippen LogP contribution in [-0.4, -0.2) is 98.1 Å². The van der Waals surface area contributed by atoms with Crippen LogP contribution in [0.25, 0.3) is 0 Å². The molecule has 3 heterocycles. The summed E-state index contributed by atoms with van der Waals surface area (Å²) < 4.78 is 0. The van der Waals surface area contributed by atoms with Gasteiger partial charge in [0.15, 0.2) is 0 Å². The molecule has 0 radical (unpaired) electrons. The molecular formula is C27H55N5. The molecule has 32 heavy (non-hydrogen) atoms. The van der Waals surface area contributed by atoms with Crippen molar-refractivity contribution in [1.82, 2.24) is 24.9 Å². The van der Waals surface area contributed by atoms with E-state index in [1.807, 2.05) is 26.2 Å². The van der Waals surface area contributed by atoms with Gasteiger partial charge in [-0.2, -0.15) is 0 Å². The van der Waals surface area contributed by atoms with Crippen molar-refractivity contribution in [1.29, 1.82) is 0 Å². The van der Waals surface area contributed by atoms with E-state index in [4.69, 9.17) is 0 Å². The average Bonchev–Trinajstić information content (AvgIpc) is 2.87. The maximum atomic E-state index is 3.83. The lowest BCUT2D eigenvalue weighted by Crippen LogP contribution is -2.46. The third-order valence-electron chi connectivity index (χ3n) is 7.04. The van der Waals surface area contributed by atoms with E-state index in [0.717, 1.165) is 11.8 Å². The summed E-state index contributed by atoms with van der Waals surface area (Å²) >= 11 is 0. The monoisotopic (exact) mass is 449 g/mol. The first kappa shape index (κ1) is 29.0. The molecule has 0 unspecified atom stereocenters. The first-order chi connectivity index (χ1) is 15.7. The van der Waals surface area contributed by atoms with Gasteiger partial charge in [0.05, 0.1) is 0 Å². The van der Waals surface area contributed by atoms with Crippen LogP contribution in [-0.2, 0) is 0 Å². The van der Waals surface area contributed by atoms with Gasteiger partial charge in [0, 0.05) is 65.4 Å². The Morgan fingerprint density at radius 2 is 1.31 bits per heavy atom. The number of hydrogen-bond donors (Lipinski definition) is 1. The third kappa shape index (κ3) is 11.7. The summed E-state index contributed by atoms with van der Waals surface area (Å²) in [4.78, 5) is 9.89. The highest BCUT2D eigenvalue weighted by Gasteiger charge is 2.21. The zero-order valence-electron chi connectivity index (χ0n) is 22.0. The van der Waals surface area contributed by atoms with E-state index >= 15 is 0 Å². The Kier molecular flexibility index (Phi) is 16.7. The average molecular weight is 450 g/mol. The van der Waals surface area contributed by atoms with Crippen molar-refractivity contribution < 1.29 is 0 Å². The highest BCUT2D eigenvalue weighted by atomic mass is 15.2. The van der Waals surface area contributed by atoms with E-state index in [0.29, 0.717) is 0 Å². The zero-order valence-corrected chi connectivity index (χ0v) is 22.0. The van der Waals surface area contributed by atoms with Gasteiger partial charge in [-0.1, -0.05) is 40.9 Å². The van der Waals surface area contributed by atoms with Gasteiger partial charge >= 0.3 is 0 Å². The molecular weight excluding hydrogens is 394 g/mol. The summed E-state index contributed by atoms with van der Waals surface area (Å²) in [5.74, 6) is 1.83. The zero-order chi connectivity index (χ0) is 23.6. The summed E-state index contributed by atoms with van der Waals surface area (Å²) in [5.41, 5.74) is 0. The highest BCUT2D eigenvalue weighted by Crippen LogP contribution is 2.19. The Hall–Kier alpha value is -1.04. The molecule has 3 saturated heterocycles. The molecule has 0 aromatic heterocycles. The number of likely N-dealkylation sites (tertiary alicyclic amines) is 2. The molecule has 3 fully saturated rings. The fourth-order valence-corrected chi connectivity index (χ4v) is 4.95. The van der Waals surface area contributed by atoms with Crippen LogP contribution in [0.5, 0.6) is 0 Å². The van der Waals surface area contributed by atoms with Crippen molar-refractivity contribution in [2.45, 2.75) is 59.8 Å². The SMILES string of the molecule is C=CN1CCC(CN(CC)CCC)CC1.C=CN1CCC(CN2CCNCC2)CC1.CC. The fourth-order valence-electron chi connectivity index (χ4n) is 4.95. The minimum Gasteiger partial charge on any atom is -0.378 e. The molecule has 5 nitrogen and oxygen atoms in total. The summed E-state index contributed by atoms with van der Waals surface area (Å²) in [5, 5.41) is 3.40. The van der Waals surface area contributed by atoms with Gasteiger partial charge in [0.2, 0.25) is 0 Å². The smallest absolute Gasteiger partial charge is 0.0175 e. The topological polar surface area (TPSA) is 25.0 Å². The van der Waals surface area contributed by atoms with Crippen LogP contribution in [0.1, 0.15) is 59.8 Å². The van der Waals surface area contributed by atoms with Crippen LogP contribution in [0.4, 0.5) is 0 Å². The Balaban J connectivity index is 0.000000297. The second-order valence-electron chi connectivity index (χ2n) is 9.27. The van der Waals surface area contributed by atoms with Crippen molar-refractivity contribution in [3.05, 3.63) is 25.6 Å². The summed E-state index contributed by atoms with van der Waals surface area (Å²) in [6, 6.07) is 0. The maximum absolute atomic E-state index is 3.83.